The molecule has 3 saturated carbocycles. The van der Waals surface area contributed by atoms with Crippen LogP contribution in [0.25, 0.3) is 0 Å². The van der Waals surface area contributed by atoms with Crippen molar-refractivity contribution in [1.29, 1.82) is 0 Å². The Morgan fingerprint density at radius 3 is 2.47 bits per heavy atom. The molecule has 0 aliphatic heterocycles. The minimum atomic E-state index is -4.29. The van der Waals surface area contributed by atoms with Crippen LogP contribution in [0.1, 0.15) is 105 Å². The molecule has 4 aliphatic rings. The van der Waals surface area contributed by atoms with Gasteiger partial charge in [-0.05, 0) is 97.7 Å². The predicted octanol–water partition coefficient (Wildman–Crippen LogP) is 7.60. The number of rotatable bonds is 11. The SMILES string of the molecule is CC(C)CCCC(C)C1CCC2C3CC=C4CC(OP(=O)([O-])OCC[N+](C)(C)C)CC[C@]4(C)C3CC[C@]12C. The molecule has 220 valence electrons. The van der Waals surface area contributed by atoms with Crippen LogP contribution in [0, 0.1) is 46.3 Å². The molecule has 0 saturated heterocycles. The summed E-state index contributed by atoms with van der Waals surface area (Å²) in [6.07, 6.45) is 15.6. The molecular formula is C32H58NO4P. The Balaban J connectivity index is 1.38. The largest absolute Gasteiger partial charge is 0.756 e. The van der Waals surface area contributed by atoms with Crippen molar-refractivity contribution in [2.24, 2.45) is 46.3 Å². The van der Waals surface area contributed by atoms with Crippen molar-refractivity contribution >= 4 is 7.82 Å². The topological polar surface area (TPSA) is 58.6 Å². The first-order chi connectivity index (χ1) is 17.6. The van der Waals surface area contributed by atoms with Gasteiger partial charge in [0.05, 0.1) is 27.2 Å². The number of phosphoric ester groups is 1. The first-order valence-corrected chi connectivity index (χ1v) is 17.2. The van der Waals surface area contributed by atoms with Gasteiger partial charge in [-0.15, -0.1) is 0 Å². The molecule has 0 amide bonds. The van der Waals surface area contributed by atoms with E-state index in [2.05, 4.69) is 40.7 Å². The lowest BCUT2D eigenvalue weighted by molar-refractivity contribution is -0.870. The van der Waals surface area contributed by atoms with E-state index in [1.807, 2.05) is 21.1 Å². The minimum absolute atomic E-state index is 0.165. The van der Waals surface area contributed by atoms with Crippen LogP contribution in [0.3, 0.4) is 0 Å². The number of fused-ring (bicyclic) bond motifs is 5. The average Bonchev–Trinajstić information content (AvgIpc) is 3.15. The second kappa shape index (κ2) is 11.6. The predicted molar refractivity (Wildman–Crippen MR) is 154 cm³/mol. The molecule has 0 spiro atoms. The van der Waals surface area contributed by atoms with Gasteiger partial charge in [0.15, 0.2) is 0 Å². The number of hydrogen-bond acceptors (Lipinski definition) is 4. The van der Waals surface area contributed by atoms with E-state index in [9.17, 15) is 9.46 Å². The summed E-state index contributed by atoms with van der Waals surface area (Å²) >= 11 is 0. The number of quaternary nitrogens is 1. The lowest BCUT2D eigenvalue weighted by Gasteiger charge is -2.58. The van der Waals surface area contributed by atoms with Gasteiger partial charge in [-0.1, -0.05) is 65.5 Å². The Bertz CT molecular complexity index is 896. The minimum Gasteiger partial charge on any atom is -0.756 e. The van der Waals surface area contributed by atoms with E-state index in [4.69, 9.17) is 9.05 Å². The lowest BCUT2D eigenvalue weighted by atomic mass is 9.47. The Labute approximate surface area is 234 Å². The molecule has 9 atom stereocenters. The number of phosphoric acid groups is 1. The van der Waals surface area contributed by atoms with Crippen LogP contribution in [0.2, 0.25) is 0 Å². The molecule has 4 rings (SSSR count). The van der Waals surface area contributed by atoms with Crippen LogP contribution in [-0.2, 0) is 13.6 Å². The zero-order chi connectivity index (χ0) is 27.9. The maximum atomic E-state index is 12.6. The summed E-state index contributed by atoms with van der Waals surface area (Å²) in [7, 11) is 1.79. The Morgan fingerprint density at radius 2 is 1.79 bits per heavy atom. The summed E-state index contributed by atoms with van der Waals surface area (Å²) in [5, 5.41) is 0. The van der Waals surface area contributed by atoms with Crippen LogP contribution in [0.15, 0.2) is 11.6 Å². The second-order valence-corrected chi connectivity index (χ2v) is 16.9. The molecule has 4 aliphatic carbocycles. The molecule has 0 radical (unpaired) electrons. The van der Waals surface area contributed by atoms with E-state index >= 15 is 0 Å². The van der Waals surface area contributed by atoms with Crippen LogP contribution >= 0.6 is 7.82 Å². The van der Waals surface area contributed by atoms with Gasteiger partial charge in [0, 0.05) is 0 Å². The van der Waals surface area contributed by atoms with E-state index in [1.165, 1.54) is 56.9 Å². The third-order valence-electron chi connectivity index (χ3n) is 11.5. The first-order valence-electron chi connectivity index (χ1n) is 15.8. The molecule has 3 fully saturated rings. The highest BCUT2D eigenvalue weighted by atomic mass is 31.2. The fourth-order valence-corrected chi connectivity index (χ4v) is 10.3. The lowest BCUT2D eigenvalue weighted by Crippen LogP contribution is -2.51. The van der Waals surface area contributed by atoms with Crippen molar-refractivity contribution in [2.75, 3.05) is 34.3 Å². The highest BCUT2D eigenvalue weighted by Crippen LogP contribution is 2.67. The van der Waals surface area contributed by atoms with Gasteiger partial charge in [-0.3, -0.25) is 4.57 Å². The first kappa shape index (κ1) is 30.8. The van der Waals surface area contributed by atoms with Gasteiger partial charge in [-0.25, -0.2) is 0 Å². The van der Waals surface area contributed by atoms with E-state index in [1.54, 1.807) is 0 Å². The van der Waals surface area contributed by atoms with E-state index < -0.39 is 7.82 Å². The average molecular weight is 552 g/mol. The van der Waals surface area contributed by atoms with Crippen LogP contribution in [-0.4, -0.2) is 44.9 Å². The number of hydrogen-bond donors (Lipinski definition) is 0. The van der Waals surface area contributed by atoms with Gasteiger partial charge in [0.25, 0.3) is 7.82 Å². The summed E-state index contributed by atoms with van der Waals surface area (Å²) < 4.78 is 24.1. The van der Waals surface area contributed by atoms with Crippen molar-refractivity contribution in [3.05, 3.63) is 11.6 Å². The molecule has 0 bridgehead atoms. The highest BCUT2D eigenvalue weighted by molar-refractivity contribution is 7.45. The van der Waals surface area contributed by atoms with Crippen LogP contribution in [0.4, 0.5) is 0 Å². The second-order valence-electron chi connectivity index (χ2n) is 15.6. The maximum Gasteiger partial charge on any atom is 0.268 e. The molecule has 0 aromatic rings. The van der Waals surface area contributed by atoms with Gasteiger partial charge in [-0.2, -0.15) is 0 Å². The Morgan fingerprint density at radius 1 is 1.05 bits per heavy atom. The van der Waals surface area contributed by atoms with Crippen molar-refractivity contribution < 1.29 is 23.0 Å². The molecule has 6 heteroatoms. The van der Waals surface area contributed by atoms with E-state index in [0.29, 0.717) is 16.4 Å². The monoisotopic (exact) mass is 551 g/mol. The Kier molecular flexibility index (Phi) is 9.38. The van der Waals surface area contributed by atoms with Gasteiger partial charge >= 0.3 is 0 Å². The molecule has 0 heterocycles. The van der Waals surface area contributed by atoms with Gasteiger partial charge in [0.2, 0.25) is 0 Å². The quantitative estimate of drug-likeness (QED) is 0.151. The van der Waals surface area contributed by atoms with Gasteiger partial charge in [0.1, 0.15) is 13.2 Å². The normalized spacial score (nSPS) is 39.6. The van der Waals surface area contributed by atoms with E-state index in [0.717, 1.165) is 54.8 Å². The third-order valence-corrected chi connectivity index (χ3v) is 12.6. The van der Waals surface area contributed by atoms with E-state index in [-0.39, 0.29) is 18.1 Å². The van der Waals surface area contributed by atoms with Crippen molar-refractivity contribution in [1.82, 2.24) is 0 Å². The van der Waals surface area contributed by atoms with Gasteiger partial charge < -0.3 is 18.4 Å². The zero-order valence-corrected chi connectivity index (χ0v) is 26.7. The number of likely N-dealkylation sites (N-methyl/N-ethyl adjacent to an activating group) is 1. The van der Waals surface area contributed by atoms with Crippen molar-refractivity contribution in [2.45, 2.75) is 111 Å². The van der Waals surface area contributed by atoms with Crippen LogP contribution in [0.5, 0.6) is 0 Å². The molecule has 0 aromatic heterocycles. The fraction of sp³-hybridized carbons (Fsp3) is 0.938. The molecule has 7 unspecified atom stereocenters. The number of nitrogens with zero attached hydrogens (tertiary/aromatic N) is 1. The Hall–Kier alpha value is -0.190. The molecule has 5 nitrogen and oxygen atoms in total. The fourth-order valence-electron chi connectivity index (χ4n) is 9.38. The summed E-state index contributed by atoms with van der Waals surface area (Å²) in [5.74, 6) is 4.90. The highest BCUT2D eigenvalue weighted by Gasteiger charge is 2.59. The third kappa shape index (κ3) is 6.64. The smallest absolute Gasteiger partial charge is 0.268 e. The zero-order valence-electron chi connectivity index (χ0n) is 25.8. The van der Waals surface area contributed by atoms with Crippen molar-refractivity contribution in [3.63, 3.8) is 0 Å². The summed E-state index contributed by atoms with van der Waals surface area (Å²) in [5.41, 5.74) is 2.16. The van der Waals surface area contributed by atoms with Crippen LogP contribution < -0.4 is 4.89 Å². The standard InChI is InChI=1S/C32H58NO4P/c1-23(2)10-9-11-24(3)28-14-15-29-27-13-12-25-22-26(37-38(34,35)36-21-20-33(6,7)8)16-18-31(25,4)30(27)17-19-32(28,29)5/h12,23-24,26-30H,9-11,13-22H2,1-8H3/t24?,26?,27?,28?,29?,30?,31-,32+/m0/s1. The molecule has 0 N–H and O–H groups in total. The molecule has 38 heavy (non-hydrogen) atoms. The summed E-state index contributed by atoms with van der Waals surface area (Å²) in [6.45, 7) is 13.2. The maximum absolute atomic E-state index is 12.6. The van der Waals surface area contributed by atoms with Crippen molar-refractivity contribution in [3.8, 4) is 0 Å². The summed E-state index contributed by atoms with van der Waals surface area (Å²) in [6, 6.07) is 0. The molecule has 0 aromatic carbocycles. The summed E-state index contributed by atoms with van der Waals surface area (Å²) in [4.78, 5) is 12.6. The molecular weight excluding hydrogens is 493 g/mol. The number of allylic oxidation sites excluding steroid dienone is 1.